The Bertz CT molecular complexity index is 3640. The van der Waals surface area contributed by atoms with Crippen LogP contribution in [0.15, 0.2) is 105 Å². The highest BCUT2D eigenvalue weighted by Crippen LogP contribution is 2.58. The Hall–Kier alpha value is -4.70. The Balaban J connectivity index is 1.17. The van der Waals surface area contributed by atoms with Crippen molar-refractivity contribution in [1.82, 2.24) is 0 Å². The van der Waals surface area contributed by atoms with E-state index in [0.717, 1.165) is 86.1 Å². The molecule has 3 heterocycles. The van der Waals surface area contributed by atoms with Crippen molar-refractivity contribution < 1.29 is 11.3 Å². The van der Waals surface area contributed by atoms with Crippen LogP contribution >= 0.6 is 0 Å². The van der Waals surface area contributed by atoms with Crippen LogP contribution in [0.4, 0.5) is 17.1 Å². The van der Waals surface area contributed by atoms with Crippen LogP contribution in [0.5, 0.6) is 0 Å². The third kappa shape index (κ3) is 7.24. The van der Waals surface area contributed by atoms with E-state index >= 15 is 0 Å². The lowest BCUT2D eigenvalue weighted by Gasteiger charge is -2.53. The molecule has 4 aromatic rings. The minimum atomic E-state index is -1.29. The topological polar surface area (TPSA) is 19.6 Å². The zero-order chi connectivity index (χ0) is 57.5. The fourth-order valence-electron chi connectivity index (χ4n) is 16.3. The van der Waals surface area contributed by atoms with Crippen molar-refractivity contribution in [3.05, 3.63) is 140 Å². The molecule has 7 aliphatic carbocycles. The first-order chi connectivity index (χ1) is 37.1. The van der Waals surface area contributed by atoms with Crippen LogP contribution in [0.25, 0.3) is 16.5 Å². The molecule has 0 bridgehead atoms. The van der Waals surface area contributed by atoms with E-state index in [4.69, 9.17) is 5.79 Å². The molecular weight excluding hydrogens is 908 g/mol. The number of allylic oxidation sites excluding steroid dienone is 7. The summed E-state index contributed by atoms with van der Waals surface area (Å²) in [6.45, 7) is 40.9. The van der Waals surface area contributed by atoms with Gasteiger partial charge in [0.1, 0.15) is 5.58 Å². The van der Waals surface area contributed by atoms with E-state index in [1.54, 1.807) is 5.57 Å². The van der Waals surface area contributed by atoms with Crippen molar-refractivity contribution in [2.45, 2.75) is 239 Å². The first kappa shape index (κ1) is 44.3. The second-order valence-electron chi connectivity index (χ2n) is 30.5. The molecule has 0 N–H and O–H groups in total. The molecular formula is C71H89BN2O. The summed E-state index contributed by atoms with van der Waals surface area (Å²) >= 11 is 0. The zero-order valence-corrected chi connectivity index (χ0v) is 49.0. The van der Waals surface area contributed by atoms with E-state index in [9.17, 15) is 5.48 Å². The molecule has 4 atom stereocenters. The zero-order valence-electron chi connectivity index (χ0n) is 54.0. The van der Waals surface area contributed by atoms with Crippen molar-refractivity contribution in [3.63, 3.8) is 0 Å². The van der Waals surface area contributed by atoms with Crippen LogP contribution in [-0.4, -0.2) is 18.8 Å². The lowest BCUT2D eigenvalue weighted by atomic mass is 9.32. The molecule has 0 amide bonds. The Morgan fingerprint density at radius 3 is 1.76 bits per heavy atom. The van der Waals surface area contributed by atoms with E-state index in [2.05, 4.69) is 182 Å². The summed E-state index contributed by atoms with van der Waals surface area (Å²) in [4.78, 5) is 5.40. The number of furan rings is 1. The average Bonchev–Trinajstić information content (AvgIpc) is 3.08. The molecule has 0 fully saturated rings. The Morgan fingerprint density at radius 1 is 0.600 bits per heavy atom. The predicted molar refractivity (Wildman–Crippen MR) is 322 cm³/mol. The molecule has 2 aliphatic heterocycles. The van der Waals surface area contributed by atoms with Gasteiger partial charge in [0, 0.05) is 31.1 Å². The van der Waals surface area contributed by atoms with E-state index in [-0.39, 0.29) is 80.3 Å². The largest absolute Gasteiger partial charge is 0.468 e. The highest BCUT2D eigenvalue weighted by molar-refractivity contribution is 6.93. The van der Waals surface area contributed by atoms with Gasteiger partial charge in [0.15, 0.2) is 0 Å². The molecule has 9 aliphatic rings. The summed E-state index contributed by atoms with van der Waals surface area (Å²) < 4.78 is 54.9. The van der Waals surface area contributed by atoms with Gasteiger partial charge in [-0.15, -0.1) is 0 Å². The summed E-state index contributed by atoms with van der Waals surface area (Å²) in [5.41, 5.74) is 22.1. The van der Waals surface area contributed by atoms with Gasteiger partial charge in [-0.05, 0) is 219 Å². The standard InChI is InChI=1S/C71H89BN2O/c1-42-33-58-61-59(34-42)74(56-39-52-49(66(6,7)27-30-69(52,12)13)36-45(56)43-21-19-18-20-22-43)57-40-53-51(68(10,11)29-31-70(53,14)15)38-55(57)72(61)63-62(46-37-50-54(41-60(46)75-63)71(16,17)32-28-67(50,8)9)73(58)44-23-24-47-48(35-44)65(4,5)26-25-64(47,2)3/h19,21-24,34,36-41,44,58H,18,20,25-33,35H2,1-17H3/i18D,19D,20D,21D,22D. The van der Waals surface area contributed by atoms with E-state index in [1.165, 1.54) is 73.0 Å². The molecule has 13 rings (SSSR count). The van der Waals surface area contributed by atoms with Crippen molar-refractivity contribution in [2.24, 2.45) is 10.8 Å². The third-order valence-corrected chi connectivity index (χ3v) is 21.7. The number of hydrogen-bond acceptors (Lipinski definition) is 3. The van der Waals surface area contributed by atoms with Crippen molar-refractivity contribution in [3.8, 4) is 0 Å². The summed E-state index contributed by atoms with van der Waals surface area (Å²) in [6, 6.07) is 14.5. The van der Waals surface area contributed by atoms with Crippen LogP contribution in [-0.2, 0) is 32.5 Å². The van der Waals surface area contributed by atoms with Gasteiger partial charge in [-0.25, -0.2) is 0 Å². The molecule has 392 valence electrons. The maximum absolute atomic E-state index is 9.80. The number of nitrogens with zero attached hydrogens (tertiary/aromatic N) is 2. The molecule has 75 heavy (non-hydrogen) atoms. The van der Waals surface area contributed by atoms with Crippen LogP contribution < -0.4 is 20.9 Å². The van der Waals surface area contributed by atoms with Crippen LogP contribution in [0.3, 0.4) is 0 Å². The van der Waals surface area contributed by atoms with E-state index in [1.807, 2.05) is 0 Å². The summed E-state index contributed by atoms with van der Waals surface area (Å²) in [7, 11) is 0. The van der Waals surface area contributed by atoms with Gasteiger partial charge >= 0.3 is 0 Å². The SMILES string of the molecule is [2H]C1=C([2H])C([2H])C([2H])C([2H])=C1c1cc2c(cc1N1C3=C4B(c5cc6c(cc51)C(C)(C)CCC6(C)C)c1oc5cc6c(cc5c1N(C1C=CC5=C(C1)C(C)(C)CCC5(C)C)C4CC(C)=C3)C(C)(C)CCC6(C)C)C(C)(C)CCC2(C)C. The second-order valence-corrected chi connectivity index (χ2v) is 30.5. The van der Waals surface area contributed by atoms with Gasteiger partial charge < -0.3 is 14.2 Å². The minimum Gasteiger partial charge on any atom is -0.468 e. The fraction of sp³-hybridized carbons (Fsp3) is 0.549. The first-order valence-corrected chi connectivity index (χ1v) is 29.2. The lowest BCUT2D eigenvalue weighted by Crippen LogP contribution is -2.64. The molecule has 0 saturated carbocycles. The van der Waals surface area contributed by atoms with E-state index in [0.29, 0.717) is 11.1 Å². The van der Waals surface area contributed by atoms with Crippen molar-refractivity contribution in [2.75, 3.05) is 9.80 Å². The summed E-state index contributed by atoms with van der Waals surface area (Å²) in [5, 5.41) is 1.23. The molecule has 1 aromatic heterocycles. The number of anilines is 3. The molecule has 0 spiro atoms. The Kier molecular flexibility index (Phi) is 9.30. The number of benzene rings is 3. The summed E-state index contributed by atoms with van der Waals surface area (Å²) in [5.74, 6) is 0. The monoisotopic (exact) mass is 1000 g/mol. The molecule has 3 nitrogen and oxygen atoms in total. The maximum Gasteiger partial charge on any atom is 0.292 e. The Morgan fingerprint density at radius 2 is 1.13 bits per heavy atom. The minimum absolute atomic E-state index is 0.0000770. The van der Waals surface area contributed by atoms with Gasteiger partial charge in [0.25, 0.3) is 6.71 Å². The average molecular weight is 1000 g/mol. The van der Waals surface area contributed by atoms with Crippen LogP contribution in [0.2, 0.25) is 0 Å². The van der Waals surface area contributed by atoms with Crippen molar-refractivity contribution >= 4 is 51.4 Å². The lowest BCUT2D eigenvalue weighted by molar-refractivity contribution is 0.255. The number of rotatable bonds is 3. The summed E-state index contributed by atoms with van der Waals surface area (Å²) in [6.07, 6.45) is 15.5. The maximum atomic E-state index is 9.80. The van der Waals surface area contributed by atoms with Gasteiger partial charge in [0.05, 0.1) is 27.2 Å². The van der Waals surface area contributed by atoms with Crippen LogP contribution in [0.1, 0.15) is 241 Å². The smallest absolute Gasteiger partial charge is 0.292 e. The first-order valence-electron chi connectivity index (χ1n) is 31.9. The molecule has 3 aromatic carbocycles. The van der Waals surface area contributed by atoms with Gasteiger partial charge in [-0.3, -0.25) is 0 Å². The highest BCUT2D eigenvalue weighted by atomic mass is 16.3. The van der Waals surface area contributed by atoms with E-state index < -0.39 is 12.8 Å². The third-order valence-electron chi connectivity index (χ3n) is 21.7. The fourth-order valence-corrected chi connectivity index (χ4v) is 16.3. The molecule has 0 saturated heterocycles. The quantitative estimate of drug-likeness (QED) is 0.191. The Labute approximate surface area is 460 Å². The second kappa shape index (κ2) is 15.7. The molecule has 4 unspecified atom stereocenters. The number of hydrogen-bond donors (Lipinski definition) is 0. The normalized spacial score (nSPS) is 30.7. The number of fused-ring (bicyclic) bond motifs is 9. The van der Waals surface area contributed by atoms with Gasteiger partial charge in [-0.2, -0.15) is 0 Å². The van der Waals surface area contributed by atoms with Gasteiger partial charge in [0.2, 0.25) is 0 Å². The van der Waals surface area contributed by atoms with Crippen LogP contribution in [0, 0.1) is 10.8 Å². The van der Waals surface area contributed by atoms with Crippen molar-refractivity contribution in [1.29, 1.82) is 0 Å². The van der Waals surface area contributed by atoms with Gasteiger partial charge in [-0.1, -0.05) is 158 Å². The predicted octanol–water partition coefficient (Wildman–Crippen LogP) is 17.8. The molecule has 4 heteroatoms. The molecule has 0 radical (unpaired) electrons. The highest BCUT2D eigenvalue weighted by Gasteiger charge is 2.55.